The average Bonchev–Trinajstić information content (AvgIpc) is 2.66. The van der Waals surface area contributed by atoms with Gasteiger partial charge in [-0.3, -0.25) is 24.0 Å². The van der Waals surface area contributed by atoms with Crippen LogP contribution in [-0.4, -0.2) is 69.9 Å². The molecule has 0 saturated carbocycles. The molecule has 182 valence electrons. The van der Waals surface area contributed by atoms with Crippen molar-refractivity contribution in [1.82, 2.24) is 16.0 Å². The highest BCUT2D eigenvalue weighted by Crippen LogP contribution is 2.08. The van der Waals surface area contributed by atoms with Crippen LogP contribution >= 0.6 is 0 Å². The summed E-state index contributed by atoms with van der Waals surface area (Å²) in [6, 6.07) is -4.87. The lowest BCUT2D eigenvalue weighted by Gasteiger charge is -2.25. The van der Waals surface area contributed by atoms with E-state index in [1.165, 1.54) is 6.92 Å². The third-order valence-corrected chi connectivity index (χ3v) is 4.33. The second-order valence-corrected chi connectivity index (χ2v) is 7.88. The SMILES string of the molecule is CC(C)CC(NC(=O)C(CCC(=O)O)NC(=O)C(CCC(N)=O)NC(=O)C(C)N)C(=O)O. The van der Waals surface area contributed by atoms with Crippen LogP contribution < -0.4 is 27.4 Å². The molecule has 0 fully saturated rings. The van der Waals surface area contributed by atoms with E-state index in [2.05, 4.69) is 16.0 Å². The molecule has 0 aromatic rings. The van der Waals surface area contributed by atoms with E-state index in [0.717, 1.165) is 0 Å². The van der Waals surface area contributed by atoms with Gasteiger partial charge in [0.15, 0.2) is 0 Å². The highest BCUT2D eigenvalue weighted by molar-refractivity contribution is 5.94. The monoisotopic (exact) mass is 459 g/mol. The topological polar surface area (TPSA) is 231 Å². The summed E-state index contributed by atoms with van der Waals surface area (Å²) in [6.07, 6.45) is -1.13. The molecule has 13 heteroatoms. The Morgan fingerprint density at radius 3 is 1.56 bits per heavy atom. The molecular weight excluding hydrogens is 426 g/mol. The lowest BCUT2D eigenvalue weighted by atomic mass is 10.0. The Morgan fingerprint density at radius 2 is 1.19 bits per heavy atom. The Labute approximate surface area is 185 Å². The second-order valence-electron chi connectivity index (χ2n) is 7.88. The first-order chi connectivity index (χ1) is 14.7. The van der Waals surface area contributed by atoms with Crippen molar-refractivity contribution in [3.8, 4) is 0 Å². The standard InChI is InChI=1S/C19H33N5O8/c1-9(2)8-13(19(31)32)24-18(30)12(5-7-15(26)27)23-17(29)11(4-6-14(21)25)22-16(28)10(3)20/h9-13H,4-8,20H2,1-3H3,(H2,21,25)(H,22,28)(H,23,29)(H,24,30)(H,26,27)(H,31,32). The van der Waals surface area contributed by atoms with Crippen molar-refractivity contribution in [3.05, 3.63) is 0 Å². The van der Waals surface area contributed by atoms with Crippen LogP contribution in [0.1, 0.15) is 52.9 Å². The van der Waals surface area contributed by atoms with Gasteiger partial charge < -0.3 is 37.6 Å². The number of carbonyl (C=O) groups is 6. The van der Waals surface area contributed by atoms with Crippen LogP contribution in [-0.2, 0) is 28.8 Å². The summed E-state index contributed by atoms with van der Waals surface area (Å²) in [5.74, 6) is -5.75. The van der Waals surface area contributed by atoms with Gasteiger partial charge in [-0.05, 0) is 32.1 Å². The Balaban J connectivity index is 5.54. The molecule has 32 heavy (non-hydrogen) atoms. The summed E-state index contributed by atoms with van der Waals surface area (Å²) in [6.45, 7) is 4.90. The van der Waals surface area contributed by atoms with Gasteiger partial charge in [0.1, 0.15) is 18.1 Å². The maximum Gasteiger partial charge on any atom is 0.326 e. The second kappa shape index (κ2) is 14.0. The molecule has 0 aliphatic rings. The number of hydrogen-bond acceptors (Lipinski definition) is 7. The molecule has 0 bridgehead atoms. The first-order valence-corrected chi connectivity index (χ1v) is 10.1. The van der Waals surface area contributed by atoms with Crippen LogP contribution in [0.3, 0.4) is 0 Å². The number of primary amides is 1. The summed E-state index contributed by atoms with van der Waals surface area (Å²) in [4.78, 5) is 70.7. The predicted octanol–water partition coefficient (Wildman–Crippen LogP) is -1.95. The van der Waals surface area contributed by atoms with Crippen molar-refractivity contribution in [1.29, 1.82) is 0 Å². The Kier molecular flexibility index (Phi) is 12.6. The number of nitrogens with two attached hydrogens (primary N) is 2. The van der Waals surface area contributed by atoms with Gasteiger partial charge in [-0.15, -0.1) is 0 Å². The summed E-state index contributed by atoms with van der Waals surface area (Å²) in [5.41, 5.74) is 10.6. The van der Waals surface area contributed by atoms with E-state index in [9.17, 15) is 33.9 Å². The molecule has 13 nitrogen and oxygen atoms in total. The highest BCUT2D eigenvalue weighted by Gasteiger charge is 2.30. The minimum atomic E-state index is -1.39. The number of amides is 4. The number of rotatable bonds is 15. The van der Waals surface area contributed by atoms with Gasteiger partial charge in [-0.25, -0.2) is 4.79 Å². The largest absolute Gasteiger partial charge is 0.481 e. The van der Waals surface area contributed by atoms with E-state index in [1.807, 2.05) is 0 Å². The van der Waals surface area contributed by atoms with Crippen LogP contribution in [0.4, 0.5) is 0 Å². The number of hydrogen-bond donors (Lipinski definition) is 7. The van der Waals surface area contributed by atoms with Gasteiger partial charge in [-0.1, -0.05) is 13.8 Å². The Morgan fingerprint density at radius 1 is 0.750 bits per heavy atom. The molecule has 9 N–H and O–H groups in total. The van der Waals surface area contributed by atoms with Crippen molar-refractivity contribution in [2.24, 2.45) is 17.4 Å². The normalized spacial score (nSPS) is 14.5. The van der Waals surface area contributed by atoms with E-state index in [0.29, 0.717) is 0 Å². The van der Waals surface area contributed by atoms with Crippen LogP contribution in [0, 0.1) is 5.92 Å². The summed E-state index contributed by atoms with van der Waals surface area (Å²) in [5, 5.41) is 25.2. The summed E-state index contributed by atoms with van der Waals surface area (Å²) in [7, 11) is 0. The molecule has 0 rings (SSSR count). The van der Waals surface area contributed by atoms with Gasteiger partial charge in [0, 0.05) is 12.8 Å². The molecule has 4 amide bonds. The molecule has 0 aromatic carbocycles. The third kappa shape index (κ3) is 11.8. The fourth-order valence-electron chi connectivity index (χ4n) is 2.63. The van der Waals surface area contributed by atoms with Gasteiger partial charge in [0.2, 0.25) is 23.6 Å². The average molecular weight is 460 g/mol. The smallest absolute Gasteiger partial charge is 0.326 e. The van der Waals surface area contributed by atoms with Gasteiger partial charge in [0.25, 0.3) is 0 Å². The maximum atomic E-state index is 12.7. The molecule has 4 atom stereocenters. The minimum Gasteiger partial charge on any atom is -0.481 e. The molecule has 0 aromatic heterocycles. The Bertz CT molecular complexity index is 710. The zero-order valence-corrected chi connectivity index (χ0v) is 18.4. The number of carboxylic acids is 2. The minimum absolute atomic E-state index is 0.0601. The summed E-state index contributed by atoms with van der Waals surface area (Å²) < 4.78 is 0. The molecule has 0 aliphatic carbocycles. The third-order valence-electron chi connectivity index (χ3n) is 4.33. The van der Waals surface area contributed by atoms with Crippen molar-refractivity contribution in [2.45, 2.75) is 77.0 Å². The molecule has 0 saturated heterocycles. The fourth-order valence-corrected chi connectivity index (χ4v) is 2.63. The molecule has 0 aliphatic heterocycles. The van der Waals surface area contributed by atoms with E-state index in [-0.39, 0.29) is 31.6 Å². The van der Waals surface area contributed by atoms with E-state index < -0.39 is 66.2 Å². The van der Waals surface area contributed by atoms with Gasteiger partial charge >= 0.3 is 11.9 Å². The number of nitrogens with one attached hydrogen (secondary N) is 3. The van der Waals surface area contributed by atoms with Crippen molar-refractivity contribution < 1.29 is 39.0 Å². The van der Waals surface area contributed by atoms with Crippen LogP contribution in [0.5, 0.6) is 0 Å². The summed E-state index contributed by atoms with van der Waals surface area (Å²) >= 11 is 0. The fraction of sp³-hybridized carbons (Fsp3) is 0.684. The zero-order chi connectivity index (χ0) is 25.0. The molecule has 0 radical (unpaired) electrons. The first-order valence-electron chi connectivity index (χ1n) is 10.1. The van der Waals surface area contributed by atoms with Crippen molar-refractivity contribution >= 4 is 35.6 Å². The predicted molar refractivity (Wildman–Crippen MR) is 112 cm³/mol. The molecule has 0 heterocycles. The molecular formula is C19H33N5O8. The van der Waals surface area contributed by atoms with Crippen LogP contribution in [0.2, 0.25) is 0 Å². The lowest BCUT2D eigenvalue weighted by molar-refractivity contribution is -0.143. The van der Waals surface area contributed by atoms with E-state index in [1.54, 1.807) is 13.8 Å². The quantitative estimate of drug-likeness (QED) is 0.144. The molecule has 0 spiro atoms. The lowest BCUT2D eigenvalue weighted by Crippen LogP contribution is -2.57. The van der Waals surface area contributed by atoms with E-state index >= 15 is 0 Å². The number of carboxylic acid groups (broad SMARTS) is 2. The van der Waals surface area contributed by atoms with Gasteiger partial charge in [0.05, 0.1) is 6.04 Å². The zero-order valence-electron chi connectivity index (χ0n) is 18.4. The first kappa shape index (κ1) is 28.8. The van der Waals surface area contributed by atoms with Crippen molar-refractivity contribution in [2.75, 3.05) is 0 Å². The van der Waals surface area contributed by atoms with Crippen LogP contribution in [0.15, 0.2) is 0 Å². The van der Waals surface area contributed by atoms with Crippen molar-refractivity contribution in [3.63, 3.8) is 0 Å². The molecule has 4 unspecified atom stereocenters. The van der Waals surface area contributed by atoms with E-state index in [4.69, 9.17) is 16.6 Å². The maximum absolute atomic E-state index is 12.7. The van der Waals surface area contributed by atoms with Crippen LogP contribution in [0.25, 0.3) is 0 Å². The highest BCUT2D eigenvalue weighted by atomic mass is 16.4. The Hall–Kier alpha value is -3.22. The van der Waals surface area contributed by atoms with Gasteiger partial charge in [-0.2, -0.15) is 0 Å². The number of carbonyl (C=O) groups excluding carboxylic acids is 4. The number of aliphatic carboxylic acids is 2.